The van der Waals surface area contributed by atoms with Gasteiger partial charge in [0, 0.05) is 16.0 Å². The Morgan fingerprint density at radius 1 is 0.811 bits per heavy atom. The van der Waals surface area contributed by atoms with E-state index in [4.69, 9.17) is 39.5 Å². The smallest absolute Gasteiger partial charge is 0.260 e. The molecule has 4 aliphatic rings. The highest BCUT2D eigenvalue weighted by atomic mass is 35.5. The molecular weight excluding hydrogens is 737 g/mol. The first-order chi connectivity index (χ1) is 25.4. The summed E-state index contributed by atoms with van der Waals surface area (Å²) in [5, 5.41) is 12.7. The van der Waals surface area contributed by atoms with Gasteiger partial charge in [0.25, 0.3) is 11.8 Å². The molecule has 3 fully saturated rings. The first-order valence-electron chi connectivity index (χ1n) is 17.2. The topological polar surface area (TPSA) is 116 Å². The van der Waals surface area contributed by atoms with Crippen molar-refractivity contribution in [1.82, 2.24) is 5.01 Å². The number of hydrazine groups is 1. The zero-order valence-electron chi connectivity index (χ0n) is 28.9. The Morgan fingerprint density at radius 3 is 2.25 bits per heavy atom. The maximum Gasteiger partial charge on any atom is 0.260 e. The molecule has 0 spiro atoms. The van der Waals surface area contributed by atoms with Crippen molar-refractivity contribution in [3.63, 3.8) is 0 Å². The fourth-order valence-electron chi connectivity index (χ4n) is 9.05. The number of anilines is 2. The number of carbonyl (C=O) groups is 4. The van der Waals surface area contributed by atoms with E-state index in [-0.39, 0.29) is 35.4 Å². The lowest BCUT2D eigenvalue weighted by Gasteiger charge is -2.50. The number of rotatable bonds is 6. The van der Waals surface area contributed by atoms with Crippen LogP contribution in [0.15, 0.2) is 90.5 Å². The number of nitrogens with one attached hydrogen (secondary N) is 1. The van der Waals surface area contributed by atoms with Gasteiger partial charge in [-0.1, -0.05) is 76.8 Å². The van der Waals surface area contributed by atoms with Gasteiger partial charge in [0.1, 0.15) is 11.5 Å². The fourth-order valence-corrected chi connectivity index (χ4v) is 9.68. The second kappa shape index (κ2) is 12.9. The number of phenols is 1. The number of aromatic hydroxyl groups is 1. The molecule has 0 aromatic heterocycles. The number of fused-ring (bicyclic) bond motifs is 4. The summed E-state index contributed by atoms with van der Waals surface area (Å²) in [5.74, 6) is -4.82. The van der Waals surface area contributed by atoms with Gasteiger partial charge in [0.2, 0.25) is 11.8 Å². The quantitative estimate of drug-likeness (QED) is 0.150. The maximum atomic E-state index is 15.4. The molecule has 0 bridgehead atoms. The summed E-state index contributed by atoms with van der Waals surface area (Å²) in [6.07, 6.45) is 2.37. The van der Waals surface area contributed by atoms with Gasteiger partial charge in [-0.15, -0.1) is 0 Å². The Balaban J connectivity index is 1.33. The van der Waals surface area contributed by atoms with Crippen LogP contribution in [-0.4, -0.2) is 40.9 Å². The molecule has 1 saturated carbocycles. The summed E-state index contributed by atoms with van der Waals surface area (Å²) in [7, 11) is 1.55. The second-order valence-electron chi connectivity index (χ2n) is 14.2. The van der Waals surface area contributed by atoms with Crippen molar-refractivity contribution < 1.29 is 29.0 Å². The van der Waals surface area contributed by atoms with Crippen LogP contribution in [0.4, 0.5) is 11.4 Å². The van der Waals surface area contributed by atoms with E-state index in [1.807, 2.05) is 19.1 Å². The lowest BCUT2D eigenvalue weighted by Crippen LogP contribution is -2.53. The number of methoxy groups -OCH3 is 1. The Bertz CT molecular complexity index is 2280. The monoisotopic (exact) mass is 769 g/mol. The number of carbonyl (C=O) groups excluding carboxylic acids is 4. The molecule has 2 heterocycles. The third-order valence-electron chi connectivity index (χ3n) is 11.5. The molecule has 12 heteroatoms. The van der Waals surface area contributed by atoms with Crippen LogP contribution >= 0.6 is 34.8 Å². The molecule has 53 heavy (non-hydrogen) atoms. The van der Waals surface area contributed by atoms with Crippen LogP contribution < -0.4 is 15.1 Å². The average molecular weight is 771 g/mol. The molecule has 8 rings (SSSR count). The van der Waals surface area contributed by atoms with Crippen molar-refractivity contribution in [1.29, 1.82) is 0 Å². The minimum atomic E-state index is -1.51. The Labute approximate surface area is 321 Å². The van der Waals surface area contributed by atoms with E-state index in [2.05, 4.69) is 5.43 Å². The van der Waals surface area contributed by atoms with Gasteiger partial charge < -0.3 is 9.84 Å². The van der Waals surface area contributed by atoms with Crippen molar-refractivity contribution in [2.24, 2.45) is 23.7 Å². The maximum absolute atomic E-state index is 15.4. The summed E-state index contributed by atoms with van der Waals surface area (Å²) in [4.78, 5) is 60.2. The van der Waals surface area contributed by atoms with Gasteiger partial charge in [0.05, 0.1) is 46.7 Å². The van der Waals surface area contributed by atoms with Crippen LogP contribution in [0.5, 0.6) is 11.5 Å². The molecule has 2 saturated heterocycles. The number of amides is 4. The van der Waals surface area contributed by atoms with Gasteiger partial charge >= 0.3 is 0 Å². The predicted molar refractivity (Wildman–Crippen MR) is 202 cm³/mol. The highest BCUT2D eigenvalue weighted by Gasteiger charge is 2.70. The summed E-state index contributed by atoms with van der Waals surface area (Å²) in [6, 6.07) is 22.1. The van der Waals surface area contributed by atoms with Crippen molar-refractivity contribution in [2.75, 3.05) is 17.4 Å². The number of hydrogen-bond acceptors (Lipinski definition) is 7. The molecule has 9 nitrogen and oxygen atoms in total. The lowest BCUT2D eigenvalue weighted by atomic mass is 9.49. The van der Waals surface area contributed by atoms with Crippen LogP contribution in [0.25, 0.3) is 0 Å². The SMILES string of the molecule is COc1ccc([C@@]23C(=O)N(Nc4ccc(Cl)cc4Cl)C(=O)[C@@H]2C[C@@H]2C(=CC[C@@H]4C(=O)N(c5ccc(C)c(Cl)c5)C(=O)[C@@H]42)[C@@H]3c2ccc(O)c(C)c2)cc1. The molecule has 0 radical (unpaired) electrons. The molecular formula is C41H34Cl3N3O6. The largest absolute Gasteiger partial charge is 0.508 e. The molecule has 4 aromatic rings. The third kappa shape index (κ3) is 5.27. The summed E-state index contributed by atoms with van der Waals surface area (Å²) < 4.78 is 5.47. The number of imide groups is 2. The lowest BCUT2D eigenvalue weighted by molar-refractivity contribution is -0.138. The number of nitrogens with zero attached hydrogens (tertiary/aromatic N) is 2. The van der Waals surface area contributed by atoms with Crippen molar-refractivity contribution in [3.05, 3.63) is 128 Å². The number of benzene rings is 4. The van der Waals surface area contributed by atoms with Gasteiger partial charge in [0.15, 0.2) is 0 Å². The molecule has 4 amide bonds. The van der Waals surface area contributed by atoms with Crippen molar-refractivity contribution >= 4 is 69.8 Å². The van der Waals surface area contributed by atoms with E-state index >= 15 is 4.79 Å². The highest BCUT2D eigenvalue weighted by molar-refractivity contribution is 6.36. The van der Waals surface area contributed by atoms with Gasteiger partial charge in [-0.05, 0) is 103 Å². The van der Waals surface area contributed by atoms with Gasteiger partial charge in [-0.3, -0.25) is 24.6 Å². The standard InChI is InChI=1S/C41H34Cl3N3O6/c1-20-4-9-25(18-31(20)43)46-37(49)28-13-12-27-29(35(28)39(46)51)19-30-38(50)47(45-33-14-8-24(42)17-32(33)44)40(52)41(30,23-6-10-26(53-3)11-7-23)36(27)22-5-15-34(48)21(2)16-22/h4-12,14-18,28-30,35-36,45,48H,13,19H2,1-3H3/t28-,29+,30-,35-,36-,41+/m0/s1. The minimum absolute atomic E-state index is 0.0762. The Morgan fingerprint density at radius 2 is 1.57 bits per heavy atom. The summed E-state index contributed by atoms with van der Waals surface area (Å²) in [5.41, 5.74) is 5.63. The molecule has 6 atom stereocenters. The average Bonchev–Trinajstić information content (AvgIpc) is 3.52. The van der Waals surface area contributed by atoms with Crippen LogP contribution in [0, 0.1) is 37.5 Å². The van der Waals surface area contributed by atoms with Gasteiger partial charge in [-0.2, -0.15) is 5.01 Å². The summed E-state index contributed by atoms with van der Waals surface area (Å²) >= 11 is 19.2. The molecule has 2 N–H and O–H groups in total. The molecule has 2 aliphatic heterocycles. The predicted octanol–water partition coefficient (Wildman–Crippen LogP) is 8.17. The summed E-state index contributed by atoms with van der Waals surface area (Å²) in [6.45, 7) is 3.61. The van der Waals surface area contributed by atoms with Crippen molar-refractivity contribution in [2.45, 2.75) is 38.0 Å². The normalized spacial score (nSPS) is 26.3. The van der Waals surface area contributed by atoms with Crippen LogP contribution in [0.3, 0.4) is 0 Å². The number of halogens is 3. The Kier molecular flexibility index (Phi) is 8.59. The second-order valence-corrected chi connectivity index (χ2v) is 15.5. The first-order valence-corrected chi connectivity index (χ1v) is 18.4. The molecule has 0 unspecified atom stereocenters. The van der Waals surface area contributed by atoms with E-state index in [0.717, 1.165) is 16.1 Å². The van der Waals surface area contributed by atoms with Crippen LogP contribution in [-0.2, 0) is 24.6 Å². The number of phenolic OH excluding ortho intramolecular Hbond substituents is 1. The third-order valence-corrected chi connectivity index (χ3v) is 12.5. The van der Waals surface area contributed by atoms with E-state index in [1.165, 1.54) is 11.0 Å². The number of allylic oxidation sites excluding steroid dienone is 2. The zero-order valence-corrected chi connectivity index (χ0v) is 31.2. The number of aryl methyl sites for hydroxylation is 2. The van der Waals surface area contributed by atoms with E-state index in [9.17, 15) is 19.5 Å². The molecule has 4 aromatic carbocycles. The highest BCUT2D eigenvalue weighted by Crippen LogP contribution is 2.64. The Hall–Kier alpha value is -4.83. The van der Waals surface area contributed by atoms with Gasteiger partial charge in [-0.25, -0.2) is 4.90 Å². The first kappa shape index (κ1) is 35.2. The minimum Gasteiger partial charge on any atom is -0.508 e. The van der Waals surface area contributed by atoms with E-state index in [1.54, 1.807) is 80.8 Å². The fraction of sp³-hybridized carbons (Fsp3) is 0.268. The molecule has 270 valence electrons. The molecule has 2 aliphatic carbocycles. The van der Waals surface area contributed by atoms with E-state index in [0.29, 0.717) is 43.9 Å². The van der Waals surface area contributed by atoms with E-state index < -0.39 is 46.8 Å². The van der Waals surface area contributed by atoms with Crippen LogP contribution in [0.2, 0.25) is 15.1 Å². The number of ether oxygens (including phenoxy) is 1. The van der Waals surface area contributed by atoms with Crippen LogP contribution in [0.1, 0.15) is 41.0 Å². The van der Waals surface area contributed by atoms with Crippen molar-refractivity contribution in [3.8, 4) is 11.5 Å². The zero-order chi connectivity index (χ0) is 37.5. The number of hydrogen-bond donors (Lipinski definition) is 2.